The average Bonchev–Trinajstić information content (AvgIpc) is 2.39. The Kier molecular flexibility index (Phi) is 4.13. The van der Waals surface area contributed by atoms with Crippen LogP contribution in [-0.4, -0.2) is 35.4 Å². The topological polar surface area (TPSA) is 20.3 Å². The number of alkyl halides is 1. The van der Waals surface area contributed by atoms with Crippen LogP contribution >= 0.6 is 23.4 Å². The molecule has 1 aromatic carbocycles. The summed E-state index contributed by atoms with van der Waals surface area (Å²) in [6, 6.07) is 7.56. The number of hydrogen-bond acceptors (Lipinski definition) is 2. The second-order valence-electron chi connectivity index (χ2n) is 3.74. The van der Waals surface area contributed by atoms with Gasteiger partial charge < -0.3 is 4.90 Å². The zero-order valence-corrected chi connectivity index (χ0v) is 10.6. The first-order valence-corrected chi connectivity index (χ1v) is 7.02. The SMILES string of the molecule is O=C(c1ccc(CCl)cc1)N1CCSCC1. The minimum absolute atomic E-state index is 0.140. The van der Waals surface area contributed by atoms with E-state index >= 15 is 0 Å². The molecule has 16 heavy (non-hydrogen) atoms. The molecule has 1 heterocycles. The van der Waals surface area contributed by atoms with Gasteiger partial charge in [-0.25, -0.2) is 0 Å². The fraction of sp³-hybridized carbons (Fsp3) is 0.417. The lowest BCUT2D eigenvalue weighted by Gasteiger charge is -2.26. The Morgan fingerprint density at radius 1 is 1.25 bits per heavy atom. The Morgan fingerprint density at radius 3 is 2.44 bits per heavy atom. The van der Waals surface area contributed by atoms with E-state index in [1.807, 2.05) is 40.9 Å². The minimum atomic E-state index is 0.140. The van der Waals surface area contributed by atoms with Crippen molar-refractivity contribution in [2.24, 2.45) is 0 Å². The molecule has 0 unspecified atom stereocenters. The Hall–Kier alpha value is -0.670. The van der Waals surface area contributed by atoms with E-state index < -0.39 is 0 Å². The summed E-state index contributed by atoms with van der Waals surface area (Å²) >= 11 is 7.62. The summed E-state index contributed by atoms with van der Waals surface area (Å²) in [5.74, 6) is 2.73. The van der Waals surface area contributed by atoms with Crippen molar-refractivity contribution >= 4 is 29.3 Å². The quantitative estimate of drug-likeness (QED) is 0.758. The van der Waals surface area contributed by atoms with Gasteiger partial charge in [-0.1, -0.05) is 12.1 Å². The largest absolute Gasteiger partial charge is 0.337 e. The molecule has 2 rings (SSSR count). The van der Waals surface area contributed by atoms with E-state index in [0.29, 0.717) is 5.88 Å². The second kappa shape index (κ2) is 5.60. The van der Waals surface area contributed by atoms with Gasteiger partial charge in [-0.3, -0.25) is 4.79 Å². The zero-order chi connectivity index (χ0) is 11.4. The molecule has 0 N–H and O–H groups in total. The van der Waals surface area contributed by atoms with E-state index in [9.17, 15) is 4.79 Å². The molecule has 0 bridgehead atoms. The van der Waals surface area contributed by atoms with Gasteiger partial charge in [-0.15, -0.1) is 11.6 Å². The summed E-state index contributed by atoms with van der Waals surface area (Å²) in [6.07, 6.45) is 0. The number of carbonyl (C=O) groups excluding carboxylic acids is 1. The lowest BCUT2D eigenvalue weighted by molar-refractivity contribution is 0.0772. The van der Waals surface area contributed by atoms with E-state index in [-0.39, 0.29) is 5.91 Å². The molecule has 1 fully saturated rings. The van der Waals surface area contributed by atoms with Crippen LogP contribution in [0.15, 0.2) is 24.3 Å². The van der Waals surface area contributed by atoms with Crippen LogP contribution in [0.3, 0.4) is 0 Å². The first-order valence-electron chi connectivity index (χ1n) is 5.33. The Balaban J connectivity index is 2.07. The van der Waals surface area contributed by atoms with Crippen molar-refractivity contribution in [1.82, 2.24) is 4.90 Å². The van der Waals surface area contributed by atoms with Crippen LogP contribution in [0.25, 0.3) is 0 Å². The van der Waals surface area contributed by atoms with Gasteiger partial charge in [0.25, 0.3) is 5.91 Å². The summed E-state index contributed by atoms with van der Waals surface area (Å²) in [5.41, 5.74) is 1.81. The number of hydrogen-bond donors (Lipinski definition) is 0. The molecule has 1 amide bonds. The average molecular weight is 256 g/mol. The highest BCUT2D eigenvalue weighted by Crippen LogP contribution is 2.14. The van der Waals surface area contributed by atoms with Crippen molar-refractivity contribution in [2.45, 2.75) is 5.88 Å². The lowest BCUT2D eigenvalue weighted by Crippen LogP contribution is -2.37. The Bertz CT molecular complexity index is 360. The predicted molar refractivity (Wildman–Crippen MR) is 69.2 cm³/mol. The van der Waals surface area contributed by atoms with E-state index in [1.54, 1.807) is 0 Å². The molecule has 0 aromatic heterocycles. The molecule has 0 spiro atoms. The number of amides is 1. The molecule has 0 aliphatic carbocycles. The van der Waals surface area contributed by atoms with Crippen LogP contribution in [0.5, 0.6) is 0 Å². The van der Waals surface area contributed by atoms with Crippen molar-refractivity contribution in [1.29, 1.82) is 0 Å². The fourth-order valence-corrected chi connectivity index (χ4v) is 2.77. The minimum Gasteiger partial charge on any atom is -0.337 e. The number of carbonyl (C=O) groups is 1. The molecule has 0 atom stereocenters. The van der Waals surface area contributed by atoms with Gasteiger partial charge in [0.15, 0.2) is 0 Å². The number of nitrogens with zero attached hydrogens (tertiary/aromatic N) is 1. The van der Waals surface area contributed by atoms with Gasteiger partial charge in [-0.05, 0) is 17.7 Å². The lowest BCUT2D eigenvalue weighted by atomic mass is 10.1. The van der Waals surface area contributed by atoms with E-state index in [2.05, 4.69) is 0 Å². The third kappa shape index (κ3) is 2.71. The number of benzene rings is 1. The van der Waals surface area contributed by atoms with Crippen molar-refractivity contribution in [3.8, 4) is 0 Å². The molecular formula is C12H14ClNOS. The second-order valence-corrected chi connectivity index (χ2v) is 5.23. The van der Waals surface area contributed by atoms with Gasteiger partial charge >= 0.3 is 0 Å². The van der Waals surface area contributed by atoms with Crippen LogP contribution in [0.4, 0.5) is 0 Å². The van der Waals surface area contributed by atoms with Crippen LogP contribution in [-0.2, 0) is 5.88 Å². The molecule has 1 aliphatic rings. The Labute approximate surface area is 105 Å². The highest BCUT2D eigenvalue weighted by Gasteiger charge is 2.17. The van der Waals surface area contributed by atoms with Crippen molar-refractivity contribution in [2.75, 3.05) is 24.6 Å². The number of thioether (sulfide) groups is 1. The van der Waals surface area contributed by atoms with Gasteiger partial charge in [-0.2, -0.15) is 11.8 Å². The maximum absolute atomic E-state index is 12.1. The third-order valence-corrected chi connectivity index (χ3v) is 3.90. The predicted octanol–water partition coefficient (Wildman–Crippen LogP) is 2.61. The molecule has 1 aromatic rings. The molecular weight excluding hydrogens is 242 g/mol. The third-order valence-electron chi connectivity index (χ3n) is 2.65. The van der Waals surface area contributed by atoms with Crippen LogP contribution < -0.4 is 0 Å². The molecule has 0 radical (unpaired) electrons. The zero-order valence-electron chi connectivity index (χ0n) is 8.99. The van der Waals surface area contributed by atoms with Gasteiger partial charge in [0, 0.05) is 36.0 Å². The first-order chi connectivity index (χ1) is 7.81. The number of halogens is 1. The molecule has 1 aliphatic heterocycles. The standard InChI is InChI=1S/C12H14ClNOS/c13-9-10-1-3-11(4-2-10)12(15)14-5-7-16-8-6-14/h1-4H,5-9H2. The molecule has 2 nitrogen and oxygen atoms in total. The van der Waals surface area contributed by atoms with E-state index in [0.717, 1.165) is 35.7 Å². The normalized spacial score (nSPS) is 16.2. The summed E-state index contributed by atoms with van der Waals surface area (Å²) < 4.78 is 0. The number of rotatable bonds is 2. The van der Waals surface area contributed by atoms with Crippen LogP contribution in [0.1, 0.15) is 15.9 Å². The molecule has 4 heteroatoms. The van der Waals surface area contributed by atoms with Gasteiger partial charge in [0.05, 0.1) is 0 Å². The first kappa shape index (κ1) is 11.8. The maximum atomic E-state index is 12.1. The smallest absolute Gasteiger partial charge is 0.253 e. The molecule has 0 saturated carbocycles. The summed E-state index contributed by atoms with van der Waals surface area (Å²) in [6.45, 7) is 1.72. The van der Waals surface area contributed by atoms with Crippen molar-refractivity contribution in [3.63, 3.8) is 0 Å². The van der Waals surface area contributed by atoms with Crippen LogP contribution in [0.2, 0.25) is 0 Å². The van der Waals surface area contributed by atoms with E-state index in [4.69, 9.17) is 11.6 Å². The van der Waals surface area contributed by atoms with Crippen molar-refractivity contribution < 1.29 is 4.79 Å². The van der Waals surface area contributed by atoms with E-state index in [1.165, 1.54) is 0 Å². The monoisotopic (exact) mass is 255 g/mol. The molecule has 1 saturated heterocycles. The van der Waals surface area contributed by atoms with Gasteiger partial charge in [0.2, 0.25) is 0 Å². The summed E-state index contributed by atoms with van der Waals surface area (Å²) in [4.78, 5) is 14.0. The fourth-order valence-electron chi connectivity index (χ4n) is 1.69. The summed E-state index contributed by atoms with van der Waals surface area (Å²) in [7, 11) is 0. The maximum Gasteiger partial charge on any atom is 0.253 e. The highest BCUT2D eigenvalue weighted by molar-refractivity contribution is 7.99. The summed E-state index contributed by atoms with van der Waals surface area (Å²) in [5, 5.41) is 0. The van der Waals surface area contributed by atoms with Gasteiger partial charge in [0.1, 0.15) is 0 Å². The van der Waals surface area contributed by atoms with Crippen LogP contribution in [0, 0.1) is 0 Å². The highest BCUT2D eigenvalue weighted by atomic mass is 35.5. The van der Waals surface area contributed by atoms with Crippen molar-refractivity contribution in [3.05, 3.63) is 35.4 Å². The Morgan fingerprint density at radius 2 is 1.88 bits per heavy atom. The molecule has 86 valence electrons.